The second kappa shape index (κ2) is 5.35. The van der Waals surface area contributed by atoms with Crippen molar-refractivity contribution in [2.45, 2.75) is 19.8 Å². The number of hydrogen-bond acceptors (Lipinski definition) is 2. The Morgan fingerprint density at radius 1 is 1.42 bits per heavy atom. The maximum Gasteiger partial charge on any atom is 0.327 e. The number of aliphatic carboxylic acids is 2. The Balaban J connectivity index is 3.88. The molecule has 0 aliphatic heterocycles. The average molecular weight is 172 g/mol. The van der Waals surface area contributed by atoms with E-state index < -0.39 is 17.9 Å². The van der Waals surface area contributed by atoms with Crippen LogP contribution >= 0.6 is 0 Å². The van der Waals surface area contributed by atoms with E-state index in [2.05, 4.69) is 0 Å². The van der Waals surface area contributed by atoms with Gasteiger partial charge in [0.25, 0.3) is 0 Å². The monoisotopic (exact) mass is 172 g/mol. The molecule has 0 spiro atoms. The fourth-order valence-corrected chi connectivity index (χ4v) is 0.775. The summed E-state index contributed by atoms with van der Waals surface area (Å²) in [6.07, 6.45) is 3.12. The summed E-state index contributed by atoms with van der Waals surface area (Å²) in [4.78, 5) is 20.4. The van der Waals surface area contributed by atoms with E-state index in [0.29, 0.717) is 6.42 Å². The van der Waals surface area contributed by atoms with Gasteiger partial charge in [-0.25, -0.2) is 4.79 Å². The first-order valence-electron chi connectivity index (χ1n) is 3.70. The normalized spacial score (nSPS) is 13.1. The second-order valence-corrected chi connectivity index (χ2v) is 2.42. The maximum atomic E-state index is 10.4. The Morgan fingerprint density at radius 3 is 2.33 bits per heavy atom. The first-order chi connectivity index (χ1) is 5.57. The summed E-state index contributed by atoms with van der Waals surface area (Å²) in [5.41, 5.74) is 0. The summed E-state index contributed by atoms with van der Waals surface area (Å²) < 4.78 is 0. The van der Waals surface area contributed by atoms with Crippen LogP contribution in [0, 0.1) is 5.92 Å². The highest BCUT2D eigenvalue weighted by atomic mass is 16.4. The molecule has 0 heterocycles. The number of carboxylic acids is 2. The minimum atomic E-state index is -1.05. The molecule has 12 heavy (non-hydrogen) atoms. The van der Waals surface area contributed by atoms with Crippen molar-refractivity contribution in [1.29, 1.82) is 0 Å². The average Bonchev–Trinajstić information content (AvgIpc) is 1.96. The molecule has 0 saturated carbocycles. The first kappa shape index (κ1) is 10.7. The molecule has 1 atom stereocenters. The highest BCUT2D eigenvalue weighted by Gasteiger charge is 2.12. The molecule has 0 aromatic heterocycles. The van der Waals surface area contributed by atoms with Crippen molar-refractivity contribution in [2.24, 2.45) is 5.92 Å². The number of allylic oxidation sites excluding steroid dienone is 1. The maximum absolute atomic E-state index is 10.4. The third kappa shape index (κ3) is 4.49. The summed E-state index contributed by atoms with van der Waals surface area (Å²) in [6.45, 7) is 1.76. The fourth-order valence-electron chi connectivity index (χ4n) is 0.775. The van der Waals surface area contributed by atoms with E-state index in [0.717, 1.165) is 6.08 Å². The van der Waals surface area contributed by atoms with Gasteiger partial charge in [-0.3, -0.25) is 4.79 Å². The van der Waals surface area contributed by atoms with Crippen molar-refractivity contribution < 1.29 is 19.8 Å². The van der Waals surface area contributed by atoms with E-state index in [-0.39, 0.29) is 6.42 Å². The lowest BCUT2D eigenvalue weighted by molar-refractivity contribution is -0.141. The van der Waals surface area contributed by atoms with Crippen LogP contribution in [-0.4, -0.2) is 22.2 Å². The van der Waals surface area contributed by atoms with E-state index in [1.54, 1.807) is 6.92 Å². The molecule has 0 aliphatic rings. The molecule has 4 nitrogen and oxygen atoms in total. The van der Waals surface area contributed by atoms with Crippen molar-refractivity contribution in [3.05, 3.63) is 12.2 Å². The van der Waals surface area contributed by atoms with Gasteiger partial charge in [-0.15, -0.1) is 0 Å². The molecule has 0 aliphatic carbocycles. The highest BCUT2D eigenvalue weighted by Crippen LogP contribution is 2.08. The Labute approximate surface area is 70.5 Å². The molecule has 0 rings (SSSR count). The lowest BCUT2D eigenvalue weighted by Gasteiger charge is -2.04. The van der Waals surface area contributed by atoms with Crippen LogP contribution in [0.25, 0.3) is 0 Å². The largest absolute Gasteiger partial charge is 0.481 e. The summed E-state index contributed by atoms with van der Waals surface area (Å²) in [6, 6.07) is 0. The Hall–Kier alpha value is -1.32. The van der Waals surface area contributed by atoms with Gasteiger partial charge in [-0.1, -0.05) is 13.0 Å². The van der Waals surface area contributed by atoms with Gasteiger partial charge in [0.15, 0.2) is 0 Å². The van der Waals surface area contributed by atoms with Crippen LogP contribution in [0.15, 0.2) is 12.2 Å². The Morgan fingerprint density at radius 2 is 2.00 bits per heavy atom. The van der Waals surface area contributed by atoms with Crippen molar-refractivity contribution in [3.63, 3.8) is 0 Å². The zero-order chi connectivity index (χ0) is 9.56. The van der Waals surface area contributed by atoms with E-state index >= 15 is 0 Å². The van der Waals surface area contributed by atoms with Crippen LogP contribution in [0.3, 0.4) is 0 Å². The molecule has 0 fully saturated rings. The van der Waals surface area contributed by atoms with Gasteiger partial charge in [0.2, 0.25) is 0 Å². The fraction of sp³-hybridized carbons (Fsp3) is 0.500. The van der Waals surface area contributed by atoms with Crippen molar-refractivity contribution in [1.82, 2.24) is 0 Å². The van der Waals surface area contributed by atoms with Gasteiger partial charge >= 0.3 is 11.9 Å². The molecule has 0 amide bonds. The van der Waals surface area contributed by atoms with E-state index in [4.69, 9.17) is 10.2 Å². The Bertz CT molecular complexity index is 195. The molecule has 1 unspecified atom stereocenters. The van der Waals surface area contributed by atoms with Gasteiger partial charge in [-0.2, -0.15) is 0 Å². The molecule has 68 valence electrons. The minimum Gasteiger partial charge on any atom is -0.481 e. The third-order valence-corrected chi connectivity index (χ3v) is 1.52. The summed E-state index contributed by atoms with van der Waals surface area (Å²) in [7, 11) is 0. The van der Waals surface area contributed by atoms with Crippen molar-refractivity contribution in [2.75, 3.05) is 0 Å². The quantitative estimate of drug-likeness (QED) is 0.609. The van der Waals surface area contributed by atoms with E-state index in [9.17, 15) is 9.59 Å². The van der Waals surface area contributed by atoms with Gasteiger partial charge in [0.1, 0.15) is 0 Å². The standard InChI is InChI=1S/C8H12O4/c1-2-6(8(11)12)4-3-5-7(9)10/h3,5-6H,2,4H2,1H3,(H,9,10)(H,11,12). The van der Waals surface area contributed by atoms with Gasteiger partial charge < -0.3 is 10.2 Å². The minimum absolute atomic E-state index is 0.276. The lowest BCUT2D eigenvalue weighted by Crippen LogP contribution is -2.11. The van der Waals surface area contributed by atoms with Gasteiger partial charge in [0.05, 0.1) is 5.92 Å². The first-order valence-corrected chi connectivity index (χ1v) is 3.70. The van der Waals surface area contributed by atoms with Crippen LogP contribution in [0.2, 0.25) is 0 Å². The number of carboxylic acid groups (broad SMARTS) is 2. The molecule has 0 bridgehead atoms. The molecule has 0 aromatic rings. The lowest BCUT2D eigenvalue weighted by atomic mass is 10.0. The van der Waals surface area contributed by atoms with Crippen LogP contribution in [0.4, 0.5) is 0 Å². The van der Waals surface area contributed by atoms with Gasteiger partial charge in [0, 0.05) is 6.08 Å². The van der Waals surface area contributed by atoms with E-state index in [1.807, 2.05) is 0 Å². The summed E-state index contributed by atoms with van der Waals surface area (Å²) in [5, 5.41) is 16.8. The van der Waals surface area contributed by atoms with Crippen molar-refractivity contribution >= 4 is 11.9 Å². The van der Waals surface area contributed by atoms with E-state index in [1.165, 1.54) is 6.08 Å². The third-order valence-electron chi connectivity index (χ3n) is 1.52. The predicted molar refractivity (Wildman–Crippen MR) is 42.8 cm³/mol. The van der Waals surface area contributed by atoms with Crippen LogP contribution in [0.1, 0.15) is 19.8 Å². The molecular weight excluding hydrogens is 160 g/mol. The number of hydrogen-bond donors (Lipinski definition) is 2. The summed E-state index contributed by atoms with van der Waals surface area (Å²) >= 11 is 0. The van der Waals surface area contributed by atoms with Crippen LogP contribution in [0.5, 0.6) is 0 Å². The predicted octanol–water partition coefficient (Wildman–Crippen LogP) is 1.13. The zero-order valence-corrected chi connectivity index (χ0v) is 6.86. The molecule has 4 heteroatoms. The smallest absolute Gasteiger partial charge is 0.327 e. The SMILES string of the molecule is CCC(CC=CC(=O)O)C(=O)O. The molecular formula is C8H12O4. The molecule has 0 saturated heterocycles. The van der Waals surface area contributed by atoms with Crippen molar-refractivity contribution in [3.8, 4) is 0 Å². The second-order valence-electron chi connectivity index (χ2n) is 2.42. The van der Waals surface area contributed by atoms with Gasteiger partial charge in [-0.05, 0) is 12.8 Å². The number of carbonyl (C=O) groups is 2. The molecule has 2 N–H and O–H groups in total. The molecule has 0 aromatic carbocycles. The molecule has 0 radical (unpaired) electrons. The Kier molecular flexibility index (Phi) is 4.76. The number of rotatable bonds is 5. The van der Waals surface area contributed by atoms with Crippen LogP contribution < -0.4 is 0 Å². The topological polar surface area (TPSA) is 74.6 Å². The van der Waals surface area contributed by atoms with Crippen LogP contribution in [-0.2, 0) is 9.59 Å². The zero-order valence-electron chi connectivity index (χ0n) is 6.86. The summed E-state index contributed by atoms with van der Waals surface area (Å²) in [5.74, 6) is -2.40. The highest BCUT2D eigenvalue weighted by molar-refractivity contribution is 5.79.